The van der Waals surface area contributed by atoms with Crippen molar-refractivity contribution in [2.24, 2.45) is 0 Å². The van der Waals surface area contributed by atoms with Crippen LogP contribution in [-0.4, -0.2) is 34.2 Å². The van der Waals surface area contributed by atoms with E-state index in [0.29, 0.717) is 17.2 Å². The topological polar surface area (TPSA) is 135 Å². The molecule has 190 valence electrons. The predicted molar refractivity (Wildman–Crippen MR) is 138 cm³/mol. The lowest BCUT2D eigenvalue weighted by atomic mass is 10.1. The maximum Gasteiger partial charge on any atom is 0.336 e. The Labute approximate surface area is 210 Å². The SMILES string of the molecule is CCC(C(=O)Nc1ccc(OC)c(OC)c1)n1c(=O)n(-c2cccc([N+](=O)[O-])c2)c(=O)c2ccccc21. The van der Waals surface area contributed by atoms with Crippen molar-refractivity contribution in [3.05, 3.63) is 97.7 Å². The number of carbonyl (C=O) groups excluding carboxylic acids is 1. The normalized spacial score (nSPS) is 11.6. The van der Waals surface area contributed by atoms with Gasteiger partial charge in [-0.15, -0.1) is 0 Å². The van der Waals surface area contributed by atoms with Crippen LogP contribution in [0.5, 0.6) is 11.5 Å². The number of ether oxygens (including phenoxy) is 2. The van der Waals surface area contributed by atoms with Gasteiger partial charge in [-0.3, -0.25) is 24.3 Å². The summed E-state index contributed by atoms with van der Waals surface area (Å²) in [6.45, 7) is 1.74. The van der Waals surface area contributed by atoms with E-state index in [1.807, 2.05) is 0 Å². The number of non-ortho nitro benzene ring substituents is 1. The summed E-state index contributed by atoms with van der Waals surface area (Å²) in [5, 5.41) is 14.3. The number of aromatic nitrogens is 2. The Bertz CT molecular complexity index is 1620. The number of para-hydroxylation sites is 1. The maximum atomic E-state index is 13.8. The number of nitrogens with one attached hydrogen (secondary N) is 1. The van der Waals surface area contributed by atoms with Crippen LogP contribution in [0.2, 0.25) is 0 Å². The highest BCUT2D eigenvalue weighted by Gasteiger charge is 2.26. The zero-order chi connectivity index (χ0) is 26.7. The lowest BCUT2D eigenvalue weighted by molar-refractivity contribution is -0.384. The molecule has 0 aliphatic rings. The molecule has 3 aromatic carbocycles. The fourth-order valence-corrected chi connectivity index (χ4v) is 4.18. The number of benzene rings is 3. The quantitative estimate of drug-likeness (QED) is 0.286. The third-order valence-electron chi connectivity index (χ3n) is 5.95. The Morgan fingerprint density at radius 1 is 1.00 bits per heavy atom. The van der Waals surface area contributed by atoms with E-state index in [1.165, 1.54) is 37.0 Å². The van der Waals surface area contributed by atoms with Crippen molar-refractivity contribution in [2.45, 2.75) is 19.4 Å². The summed E-state index contributed by atoms with van der Waals surface area (Å²) in [4.78, 5) is 51.2. The monoisotopic (exact) mass is 504 g/mol. The maximum absolute atomic E-state index is 13.8. The minimum absolute atomic E-state index is 0.0267. The van der Waals surface area contributed by atoms with E-state index >= 15 is 0 Å². The number of nitrogens with zero attached hydrogens (tertiary/aromatic N) is 3. The first-order valence-electron chi connectivity index (χ1n) is 11.3. The second kappa shape index (κ2) is 10.4. The van der Waals surface area contributed by atoms with E-state index in [0.717, 1.165) is 10.6 Å². The van der Waals surface area contributed by atoms with E-state index in [4.69, 9.17) is 9.47 Å². The number of hydrogen-bond donors (Lipinski definition) is 1. The van der Waals surface area contributed by atoms with Crippen LogP contribution in [0.25, 0.3) is 16.6 Å². The van der Waals surface area contributed by atoms with Crippen molar-refractivity contribution >= 4 is 28.2 Å². The van der Waals surface area contributed by atoms with Gasteiger partial charge in [-0.25, -0.2) is 9.36 Å². The van der Waals surface area contributed by atoms with Crippen molar-refractivity contribution in [2.75, 3.05) is 19.5 Å². The molecule has 1 heterocycles. The minimum atomic E-state index is -1.00. The van der Waals surface area contributed by atoms with Gasteiger partial charge in [-0.2, -0.15) is 0 Å². The van der Waals surface area contributed by atoms with E-state index in [1.54, 1.807) is 49.4 Å². The number of carbonyl (C=O) groups is 1. The molecule has 4 aromatic rings. The zero-order valence-corrected chi connectivity index (χ0v) is 20.3. The Morgan fingerprint density at radius 3 is 2.41 bits per heavy atom. The molecule has 1 unspecified atom stereocenters. The van der Waals surface area contributed by atoms with Crippen LogP contribution in [0.1, 0.15) is 19.4 Å². The number of hydrogen-bond acceptors (Lipinski definition) is 7. The molecule has 0 saturated carbocycles. The van der Waals surface area contributed by atoms with E-state index in [-0.39, 0.29) is 28.7 Å². The predicted octanol–water partition coefficient (Wildman–Crippen LogP) is 3.67. The molecule has 1 aromatic heterocycles. The molecule has 11 heteroatoms. The summed E-state index contributed by atoms with van der Waals surface area (Å²) in [6.07, 6.45) is 0.218. The van der Waals surface area contributed by atoms with Crippen LogP contribution in [-0.2, 0) is 4.79 Å². The number of nitro groups is 1. The highest BCUT2D eigenvalue weighted by Crippen LogP contribution is 2.30. The Balaban J connectivity index is 1.88. The molecule has 0 aliphatic heterocycles. The van der Waals surface area contributed by atoms with Crippen LogP contribution >= 0.6 is 0 Å². The Hall–Kier alpha value is -4.93. The van der Waals surface area contributed by atoms with Crippen molar-refractivity contribution in [1.82, 2.24) is 9.13 Å². The molecule has 1 N–H and O–H groups in total. The number of nitro benzene ring substituents is 1. The molecule has 4 rings (SSSR count). The highest BCUT2D eigenvalue weighted by molar-refractivity contribution is 5.95. The van der Waals surface area contributed by atoms with Gasteiger partial charge in [-0.1, -0.05) is 25.1 Å². The number of anilines is 1. The number of rotatable bonds is 8. The summed E-state index contributed by atoms with van der Waals surface area (Å²) < 4.78 is 12.6. The van der Waals surface area contributed by atoms with Gasteiger partial charge in [0.05, 0.1) is 35.7 Å². The standard InChI is InChI=1S/C26H24N4O7/c1-4-20(24(31)27-16-12-13-22(36-2)23(14-16)37-3)29-21-11-6-5-10-19(21)25(32)28(26(29)33)17-8-7-9-18(15-17)30(34)35/h5-15,20H,4H2,1-3H3,(H,27,31). The number of methoxy groups -OCH3 is 2. The van der Waals surface area contributed by atoms with Crippen LogP contribution in [0.3, 0.4) is 0 Å². The molecule has 0 saturated heterocycles. The molecule has 1 amide bonds. The van der Waals surface area contributed by atoms with Crippen LogP contribution in [0.4, 0.5) is 11.4 Å². The first-order valence-corrected chi connectivity index (χ1v) is 11.3. The molecule has 0 radical (unpaired) electrons. The average molecular weight is 504 g/mol. The lowest BCUT2D eigenvalue weighted by Gasteiger charge is -2.22. The summed E-state index contributed by atoms with van der Waals surface area (Å²) in [6, 6.07) is 15.5. The molecule has 0 aliphatic carbocycles. The van der Waals surface area contributed by atoms with Gasteiger partial charge in [0.1, 0.15) is 6.04 Å². The third kappa shape index (κ3) is 4.66. The van der Waals surface area contributed by atoms with Gasteiger partial charge < -0.3 is 14.8 Å². The average Bonchev–Trinajstić information content (AvgIpc) is 2.91. The van der Waals surface area contributed by atoms with Crippen LogP contribution in [0, 0.1) is 10.1 Å². The Kier molecular flexibility index (Phi) is 7.05. The highest BCUT2D eigenvalue weighted by atomic mass is 16.6. The smallest absolute Gasteiger partial charge is 0.336 e. The Morgan fingerprint density at radius 2 is 1.73 bits per heavy atom. The van der Waals surface area contributed by atoms with E-state index < -0.39 is 28.1 Å². The number of fused-ring (bicyclic) bond motifs is 1. The summed E-state index contributed by atoms with van der Waals surface area (Å²) in [5.41, 5.74) is -0.995. The van der Waals surface area contributed by atoms with Gasteiger partial charge in [0.2, 0.25) is 5.91 Å². The summed E-state index contributed by atoms with van der Waals surface area (Å²) >= 11 is 0. The van der Waals surface area contributed by atoms with Crippen molar-refractivity contribution in [3.8, 4) is 17.2 Å². The van der Waals surface area contributed by atoms with Gasteiger partial charge in [0.15, 0.2) is 11.5 Å². The van der Waals surface area contributed by atoms with Gasteiger partial charge in [-0.05, 0) is 36.8 Å². The summed E-state index contributed by atoms with van der Waals surface area (Å²) in [5.74, 6) is 0.403. The molecule has 11 nitrogen and oxygen atoms in total. The number of amides is 1. The molecular weight excluding hydrogens is 480 g/mol. The van der Waals surface area contributed by atoms with E-state index in [9.17, 15) is 24.5 Å². The first kappa shape index (κ1) is 25.2. The van der Waals surface area contributed by atoms with Crippen LogP contribution < -0.4 is 26.0 Å². The molecule has 0 spiro atoms. The van der Waals surface area contributed by atoms with Gasteiger partial charge in [0, 0.05) is 23.9 Å². The fraction of sp³-hybridized carbons (Fsp3) is 0.192. The second-order valence-electron chi connectivity index (χ2n) is 8.07. The minimum Gasteiger partial charge on any atom is -0.493 e. The van der Waals surface area contributed by atoms with Crippen molar-refractivity contribution < 1.29 is 19.2 Å². The molecule has 0 bridgehead atoms. The molecule has 37 heavy (non-hydrogen) atoms. The van der Waals surface area contributed by atoms with Crippen molar-refractivity contribution in [3.63, 3.8) is 0 Å². The molecular formula is C26H24N4O7. The molecule has 1 atom stereocenters. The molecule has 0 fully saturated rings. The zero-order valence-electron chi connectivity index (χ0n) is 20.3. The van der Waals surface area contributed by atoms with Crippen LogP contribution in [0.15, 0.2) is 76.3 Å². The lowest BCUT2D eigenvalue weighted by Crippen LogP contribution is -2.43. The largest absolute Gasteiger partial charge is 0.493 e. The third-order valence-corrected chi connectivity index (χ3v) is 5.95. The fourth-order valence-electron chi connectivity index (χ4n) is 4.18. The van der Waals surface area contributed by atoms with Gasteiger partial charge >= 0.3 is 5.69 Å². The summed E-state index contributed by atoms with van der Waals surface area (Å²) in [7, 11) is 2.97. The van der Waals surface area contributed by atoms with Gasteiger partial charge in [0.25, 0.3) is 11.2 Å². The first-order chi connectivity index (χ1) is 17.8. The second-order valence-corrected chi connectivity index (χ2v) is 8.07. The van der Waals surface area contributed by atoms with E-state index in [2.05, 4.69) is 5.32 Å². The van der Waals surface area contributed by atoms with Crippen molar-refractivity contribution in [1.29, 1.82) is 0 Å².